The van der Waals surface area contributed by atoms with Crippen molar-refractivity contribution >= 4 is 5.97 Å². The van der Waals surface area contributed by atoms with Crippen molar-refractivity contribution in [3.05, 3.63) is 12.2 Å². The van der Waals surface area contributed by atoms with Crippen LogP contribution in [-0.4, -0.2) is 24.3 Å². The summed E-state index contributed by atoms with van der Waals surface area (Å²) in [5, 5.41) is 0. The second kappa shape index (κ2) is 6.56. The molecule has 0 amide bonds. The third-order valence-electron chi connectivity index (χ3n) is 4.23. The minimum Gasteiger partial charge on any atom is -0.462 e. The first-order valence-corrected chi connectivity index (χ1v) is 7.63. The number of unbranched alkanes of at least 4 members (excludes halogenated alkanes) is 1. The minimum absolute atomic E-state index is 0.0445. The molecule has 0 spiro atoms. The van der Waals surface area contributed by atoms with Gasteiger partial charge >= 0.3 is 5.97 Å². The van der Waals surface area contributed by atoms with Gasteiger partial charge in [-0.2, -0.15) is 0 Å². The van der Waals surface area contributed by atoms with Crippen LogP contribution in [0.15, 0.2) is 12.2 Å². The molecule has 2 saturated heterocycles. The number of esters is 1. The fourth-order valence-corrected chi connectivity index (χ4v) is 3.01. The van der Waals surface area contributed by atoms with Gasteiger partial charge in [-0.15, -0.1) is 0 Å². The Kier molecular flexibility index (Phi) is 5.03. The van der Waals surface area contributed by atoms with E-state index in [1.807, 2.05) is 6.92 Å². The van der Waals surface area contributed by atoms with E-state index in [-0.39, 0.29) is 24.1 Å². The summed E-state index contributed by atoms with van der Waals surface area (Å²) in [6.07, 6.45) is 7.92. The minimum atomic E-state index is -0.0445. The van der Waals surface area contributed by atoms with E-state index in [2.05, 4.69) is 13.5 Å². The van der Waals surface area contributed by atoms with E-state index in [9.17, 15) is 4.79 Å². The molecule has 0 saturated carbocycles. The number of carbonyl (C=O) groups excluding carboxylic acids is 1. The van der Waals surface area contributed by atoms with Gasteiger partial charge in [-0.25, -0.2) is 0 Å². The van der Waals surface area contributed by atoms with E-state index in [0.717, 1.165) is 32.1 Å². The molecule has 2 heterocycles. The van der Waals surface area contributed by atoms with E-state index in [4.69, 9.17) is 9.47 Å². The maximum absolute atomic E-state index is 11.3. The summed E-state index contributed by atoms with van der Waals surface area (Å²) in [5.41, 5.74) is 1.22. The summed E-state index contributed by atoms with van der Waals surface area (Å²) < 4.78 is 11.4. The zero-order valence-electron chi connectivity index (χ0n) is 12.2. The fourth-order valence-electron chi connectivity index (χ4n) is 3.01. The molecule has 0 aromatic carbocycles. The smallest absolute Gasteiger partial charge is 0.309 e. The molecule has 0 aliphatic carbocycles. The zero-order chi connectivity index (χ0) is 13.8. The van der Waals surface area contributed by atoms with Gasteiger partial charge in [0.2, 0.25) is 0 Å². The predicted octanol–water partition coefficient (Wildman–Crippen LogP) is 3.62. The monoisotopic (exact) mass is 266 g/mol. The quantitative estimate of drug-likeness (QED) is 0.544. The first-order valence-electron chi connectivity index (χ1n) is 7.63. The maximum Gasteiger partial charge on any atom is 0.309 e. The van der Waals surface area contributed by atoms with Gasteiger partial charge in [-0.1, -0.05) is 33.3 Å². The van der Waals surface area contributed by atoms with Crippen molar-refractivity contribution in [1.82, 2.24) is 0 Å². The van der Waals surface area contributed by atoms with Crippen LogP contribution in [0.5, 0.6) is 0 Å². The highest BCUT2D eigenvalue weighted by molar-refractivity contribution is 5.74. The van der Waals surface area contributed by atoms with Crippen LogP contribution in [0, 0.1) is 5.92 Å². The van der Waals surface area contributed by atoms with Gasteiger partial charge in [0.1, 0.15) is 6.10 Å². The lowest BCUT2D eigenvalue weighted by Crippen LogP contribution is -2.15. The Balaban J connectivity index is 1.71. The average molecular weight is 266 g/mol. The van der Waals surface area contributed by atoms with Crippen molar-refractivity contribution in [2.45, 2.75) is 77.1 Å². The molecular formula is C16H26O3. The lowest BCUT2D eigenvalue weighted by molar-refractivity contribution is -0.144. The van der Waals surface area contributed by atoms with Crippen LogP contribution in [-0.2, 0) is 14.3 Å². The van der Waals surface area contributed by atoms with E-state index < -0.39 is 0 Å². The summed E-state index contributed by atoms with van der Waals surface area (Å²) in [5.74, 6) is 0.0204. The van der Waals surface area contributed by atoms with Crippen molar-refractivity contribution in [2.75, 3.05) is 0 Å². The molecule has 0 N–H and O–H groups in total. The first-order chi connectivity index (χ1) is 9.10. The third-order valence-corrected chi connectivity index (χ3v) is 4.23. The topological polar surface area (TPSA) is 35.5 Å². The van der Waals surface area contributed by atoms with Gasteiger partial charge in [0.05, 0.1) is 18.1 Å². The molecule has 0 aromatic rings. The average Bonchev–Trinajstić information content (AvgIpc) is 2.88. The third kappa shape index (κ3) is 3.82. The van der Waals surface area contributed by atoms with E-state index in [1.165, 1.54) is 18.4 Å². The van der Waals surface area contributed by atoms with Gasteiger partial charge in [-0.3, -0.25) is 4.79 Å². The predicted molar refractivity (Wildman–Crippen MR) is 74.8 cm³/mol. The number of ether oxygens (including phenoxy) is 2. The molecule has 0 radical (unpaired) electrons. The molecule has 2 aliphatic heterocycles. The molecule has 0 aromatic heterocycles. The largest absolute Gasteiger partial charge is 0.462 e. The van der Waals surface area contributed by atoms with Gasteiger partial charge in [0.15, 0.2) is 0 Å². The Morgan fingerprint density at radius 1 is 1.26 bits per heavy atom. The van der Waals surface area contributed by atoms with Crippen LogP contribution in [0.1, 0.15) is 58.8 Å². The van der Waals surface area contributed by atoms with Gasteiger partial charge in [-0.05, 0) is 37.7 Å². The van der Waals surface area contributed by atoms with Crippen LogP contribution in [0.2, 0.25) is 0 Å². The lowest BCUT2D eigenvalue weighted by atomic mass is 9.99. The van der Waals surface area contributed by atoms with Crippen LogP contribution >= 0.6 is 0 Å². The summed E-state index contributed by atoms with van der Waals surface area (Å²) in [7, 11) is 0. The molecule has 19 heavy (non-hydrogen) atoms. The number of rotatable bonds is 6. The van der Waals surface area contributed by atoms with Crippen molar-refractivity contribution in [1.29, 1.82) is 0 Å². The van der Waals surface area contributed by atoms with Crippen LogP contribution in [0.4, 0.5) is 0 Å². The Bertz CT molecular complexity index is 337. The van der Waals surface area contributed by atoms with Crippen molar-refractivity contribution in [2.24, 2.45) is 5.92 Å². The maximum atomic E-state index is 11.3. The highest BCUT2D eigenvalue weighted by Crippen LogP contribution is 2.32. The summed E-state index contributed by atoms with van der Waals surface area (Å²) in [6, 6.07) is 0. The number of hydrogen-bond donors (Lipinski definition) is 0. The van der Waals surface area contributed by atoms with Crippen LogP contribution in [0.25, 0.3) is 0 Å². The SMILES string of the molecule is C=C1CC(CCCC)OC1CCC1C[C@@H](C)C(=O)O1. The van der Waals surface area contributed by atoms with E-state index >= 15 is 0 Å². The van der Waals surface area contributed by atoms with Crippen molar-refractivity contribution < 1.29 is 14.3 Å². The van der Waals surface area contributed by atoms with Gasteiger partial charge < -0.3 is 9.47 Å². The second-order valence-electron chi connectivity index (χ2n) is 6.02. The zero-order valence-corrected chi connectivity index (χ0v) is 12.2. The highest BCUT2D eigenvalue weighted by Gasteiger charge is 2.33. The molecule has 3 unspecified atom stereocenters. The molecular weight excluding hydrogens is 240 g/mol. The molecule has 2 rings (SSSR count). The molecule has 3 heteroatoms. The van der Waals surface area contributed by atoms with Crippen molar-refractivity contribution in [3.8, 4) is 0 Å². The van der Waals surface area contributed by atoms with E-state index in [0.29, 0.717) is 6.10 Å². The van der Waals surface area contributed by atoms with Gasteiger partial charge in [0.25, 0.3) is 0 Å². The summed E-state index contributed by atoms with van der Waals surface area (Å²) >= 11 is 0. The summed E-state index contributed by atoms with van der Waals surface area (Å²) in [4.78, 5) is 11.3. The molecule has 108 valence electrons. The summed E-state index contributed by atoms with van der Waals surface area (Å²) in [6.45, 7) is 8.28. The Morgan fingerprint density at radius 2 is 2.05 bits per heavy atom. The Hall–Kier alpha value is -0.830. The van der Waals surface area contributed by atoms with Crippen molar-refractivity contribution in [3.63, 3.8) is 0 Å². The molecule has 0 bridgehead atoms. The van der Waals surface area contributed by atoms with Gasteiger partial charge in [0, 0.05) is 0 Å². The number of hydrogen-bond acceptors (Lipinski definition) is 3. The van der Waals surface area contributed by atoms with E-state index in [1.54, 1.807) is 0 Å². The Labute approximate surface area is 116 Å². The molecule has 2 aliphatic rings. The standard InChI is InChI=1S/C16H26O3/c1-4-5-6-13-9-11(2)15(18-13)8-7-14-10-12(3)16(17)19-14/h12-15H,2,4-10H2,1,3H3/t12-,13?,14?,15?/m1/s1. The second-order valence-corrected chi connectivity index (χ2v) is 6.02. The first kappa shape index (κ1) is 14.6. The Morgan fingerprint density at radius 3 is 2.68 bits per heavy atom. The number of cyclic esters (lactones) is 1. The lowest BCUT2D eigenvalue weighted by Gasteiger charge is -2.15. The molecule has 2 fully saturated rings. The molecule has 4 atom stereocenters. The molecule has 3 nitrogen and oxygen atoms in total. The highest BCUT2D eigenvalue weighted by atomic mass is 16.6. The van der Waals surface area contributed by atoms with Crippen LogP contribution in [0.3, 0.4) is 0 Å². The fraction of sp³-hybridized carbons (Fsp3) is 0.812. The number of carbonyl (C=O) groups is 1. The van der Waals surface area contributed by atoms with Crippen LogP contribution < -0.4 is 0 Å². The normalized spacial score (nSPS) is 34.8.